The number of aromatic hydroxyl groups is 3. The summed E-state index contributed by atoms with van der Waals surface area (Å²) in [5, 5.41) is 45.3. The molecule has 15 heavy (non-hydrogen) atoms. The minimum Gasteiger partial charge on any atom is -0.508 e. The Morgan fingerprint density at radius 1 is 1.20 bits per heavy atom. The van der Waals surface area contributed by atoms with E-state index in [-0.39, 0.29) is 11.3 Å². The smallest absolute Gasteiger partial charge is 0.306 e. The summed E-state index contributed by atoms with van der Waals surface area (Å²) < 4.78 is 0. The molecule has 1 unspecified atom stereocenters. The second-order valence-electron chi connectivity index (χ2n) is 3.01. The van der Waals surface area contributed by atoms with Crippen molar-refractivity contribution < 1.29 is 30.3 Å². The van der Waals surface area contributed by atoms with Crippen LogP contribution in [0.4, 0.5) is 0 Å². The molecule has 0 aliphatic carbocycles. The lowest BCUT2D eigenvalue weighted by Gasteiger charge is -2.12. The van der Waals surface area contributed by atoms with Gasteiger partial charge in [0.05, 0.1) is 18.1 Å². The molecule has 0 saturated heterocycles. The number of hydrogen-bond acceptors (Lipinski definition) is 5. The lowest BCUT2D eigenvalue weighted by molar-refractivity contribution is -0.139. The second kappa shape index (κ2) is 4.05. The van der Waals surface area contributed by atoms with Crippen molar-refractivity contribution in [1.29, 1.82) is 0 Å². The van der Waals surface area contributed by atoms with Crippen molar-refractivity contribution in [2.45, 2.75) is 12.5 Å². The topological polar surface area (TPSA) is 118 Å². The van der Waals surface area contributed by atoms with E-state index in [9.17, 15) is 20.1 Å². The van der Waals surface area contributed by atoms with Gasteiger partial charge >= 0.3 is 5.97 Å². The Morgan fingerprint density at radius 3 is 2.07 bits per heavy atom. The van der Waals surface area contributed by atoms with Crippen LogP contribution in [0.3, 0.4) is 0 Å². The highest BCUT2D eigenvalue weighted by Crippen LogP contribution is 2.37. The molecule has 1 atom stereocenters. The number of hydrogen-bond donors (Lipinski definition) is 5. The van der Waals surface area contributed by atoms with Crippen molar-refractivity contribution in [2.75, 3.05) is 0 Å². The predicted octanol–water partition coefficient (Wildman–Crippen LogP) is 0.311. The maximum absolute atomic E-state index is 10.3. The maximum atomic E-state index is 10.3. The first-order valence-corrected chi connectivity index (χ1v) is 4.06. The zero-order valence-corrected chi connectivity index (χ0v) is 7.58. The Morgan fingerprint density at radius 2 is 1.67 bits per heavy atom. The zero-order valence-electron chi connectivity index (χ0n) is 7.58. The molecule has 0 heterocycles. The number of carbonyl (C=O) groups is 1. The normalized spacial score (nSPS) is 12.3. The van der Waals surface area contributed by atoms with Crippen LogP contribution in [-0.2, 0) is 4.79 Å². The molecule has 0 radical (unpaired) electrons. The molecule has 0 aliphatic rings. The number of aliphatic hydroxyl groups is 1. The molecule has 0 bridgehead atoms. The van der Waals surface area contributed by atoms with E-state index in [1.54, 1.807) is 0 Å². The second-order valence-corrected chi connectivity index (χ2v) is 3.01. The van der Waals surface area contributed by atoms with E-state index in [1.807, 2.05) is 0 Å². The summed E-state index contributed by atoms with van der Waals surface area (Å²) in [6, 6.07) is 1.81. The zero-order chi connectivity index (χ0) is 11.6. The minimum absolute atomic E-state index is 0.310. The standard InChI is InChI=1S/C9H10O6/c10-4-1-5(11)9(6(12)2-4)7(13)3-8(14)15/h1-2,7,10-13H,3H2,(H,14,15). The SMILES string of the molecule is O=C(O)CC(O)c1c(O)cc(O)cc1O. The van der Waals surface area contributed by atoms with Gasteiger partial charge in [0.15, 0.2) is 0 Å². The highest BCUT2D eigenvalue weighted by molar-refractivity contribution is 5.68. The van der Waals surface area contributed by atoms with Crippen LogP contribution in [-0.4, -0.2) is 31.5 Å². The lowest BCUT2D eigenvalue weighted by Crippen LogP contribution is -2.05. The van der Waals surface area contributed by atoms with E-state index < -0.39 is 30.0 Å². The monoisotopic (exact) mass is 214 g/mol. The molecule has 0 amide bonds. The van der Waals surface area contributed by atoms with Crippen molar-refractivity contribution >= 4 is 5.97 Å². The van der Waals surface area contributed by atoms with Gasteiger partial charge in [-0.05, 0) is 0 Å². The lowest BCUT2D eigenvalue weighted by atomic mass is 10.0. The number of phenolic OH excluding ortho intramolecular Hbond substituents is 3. The number of benzene rings is 1. The molecule has 6 nitrogen and oxygen atoms in total. The predicted molar refractivity (Wildman–Crippen MR) is 48.6 cm³/mol. The third-order valence-corrected chi connectivity index (χ3v) is 1.82. The first-order valence-electron chi connectivity index (χ1n) is 4.06. The summed E-state index contributed by atoms with van der Waals surface area (Å²) in [4.78, 5) is 10.3. The van der Waals surface area contributed by atoms with Gasteiger partial charge < -0.3 is 25.5 Å². The van der Waals surface area contributed by atoms with Crippen LogP contribution in [0.5, 0.6) is 17.2 Å². The average molecular weight is 214 g/mol. The van der Waals surface area contributed by atoms with Gasteiger partial charge in [0.1, 0.15) is 17.2 Å². The van der Waals surface area contributed by atoms with Crippen molar-refractivity contribution in [3.8, 4) is 17.2 Å². The van der Waals surface area contributed by atoms with E-state index in [2.05, 4.69) is 0 Å². The van der Waals surface area contributed by atoms with Crippen LogP contribution in [0.25, 0.3) is 0 Å². The van der Waals surface area contributed by atoms with Gasteiger partial charge in [0.25, 0.3) is 0 Å². The van der Waals surface area contributed by atoms with Gasteiger partial charge in [-0.15, -0.1) is 0 Å². The average Bonchev–Trinajstić information content (AvgIpc) is 1.99. The molecule has 0 aliphatic heterocycles. The quantitative estimate of drug-likeness (QED) is 0.494. The Balaban J connectivity index is 3.08. The molecular weight excluding hydrogens is 204 g/mol. The number of carboxylic acid groups (broad SMARTS) is 1. The fraction of sp³-hybridized carbons (Fsp3) is 0.222. The summed E-state index contributed by atoms with van der Waals surface area (Å²) >= 11 is 0. The van der Waals surface area contributed by atoms with E-state index in [0.717, 1.165) is 12.1 Å². The van der Waals surface area contributed by atoms with E-state index >= 15 is 0 Å². The van der Waals surface area contributed by atoms with Crippen LogP contribution in [0, 0.1) is 0 Å². The summed E-state index contributed by atoms with van der Waals surface area (Å²) in [6.45, 7) is 0. The summed E-state index contributed by atoms with van der Waals surface area (Å²) in [6.07, 6.45) is -2.17. The van der Waals surface area contributed by atoms with Crippen molar-refractivity contribution in [2.24, 2.45) is 0 Å². The van der Waals surface area contributed by atoms with Gasteiger partial charge in [-0.1, -0.05) is 0 Å². The Kier molecular flexibility index (Phi) is 3.01. The molecule has 0 aromatic heterocycles. The third kappa shape index (κ3) is 2.50. The molecule has 82 valence electrons. The first-order chi connectivity index (χ1) is 6.91. The van der Waals surface area contributed by atoms with E-state index in [1.165, 1.54) is 0 Å². The van der Waals surface area contributed by atoms with Crippen LogP contribution >= 0.6 is 0 Å². The largest absolute Gasteiger partial charge is 0.508 e. The molecule has 0 spiro atoms. The van der Waals surface area contributed by atoms with Crippen molar-refractivity contribution in [1.82, 2.24) is 0 Å². The summed E-state index contributed by atoms with van der Waals surface area (Å²) in [5.74, 6) is -2.76. The Hall–Kier alpha value is -1.95. The van der Waals surface area contributed by atoms with Crippen molar-refractivity contribution in [3.05, 3.63) is 17.7 Å². The van der Waals surface area contributed by atoms with Crippen LogP contribution < -0.4 is 0 Å². The summed E-state index contributed by atoms with van der Waals surface area (Å²) in [7, 11) is 0. The Labute approximate surface area is 84.7 Å². The number of carboxylic acids is 1. The van der Waals surface area contributed by atoms with Crippen molar-refractivity contribution in [3.63, 3.8) is 0 Å². The first kappa shape index (κ1) is 11.1. The van der Waals surface area contributed by atoms with Crippen LogP contribution in [0.1, 0.15) is 18.1 Å². The van der Waals surface area contributed by atoms with E-state index in [0.29, 0.717) is 0 Å². The van der Waals surface area contributed by atoms with Gasteiger partial charge in [-0.2, -0.15) is 0 Å². The number of rotatable bonds is 3. The van der Waals surface area contributed by atoms with Gasteiger partial charge in [0.2, 0.25) is 0 Å². The van der Waals surface area contributed by atoms with Gasteiger partial charge in [-0.25, -0.2) is 0 Å². The number of aliphatic carboxylic acids is 1. The molecule has 0 saturated carbocycles. The fourth-order valence-electron chi connectivity index (χ4n) is 1.22. The third-order valence-electron chi connectivity index (χ3n) is 1.82. The highest BCUT2D eigenvalue weighted by atomic mass is 16.4. The molecule has 1 aromatic rings. The fourth-order valence-corrected chi connectivity index (χ4v) is 1.22. The highest BCUT2D eigenvalue weighted by Gasteiger charge is 2.20. The Bertz CT molecular complexity index is 363. The maximum Gasteiger partial charge on any atom is 0.306 e. The molecular formula is C9H10O6. The summed E-state index contributed by atoms with van der Waals surface area (Å²) in [5.41, 5.74) is -0.310. The van der Waals surface area contributed by atoms with Crippen LogP contribution in [0.2, 0.25) is 0 Å². The molecule has 5 N–H and O–H groups in total. The van der Waals surface area contributed by atoms with E-state index in [4.69, 9.17) is 10.2 Å². The number of phenols is 3. The molecule has 1 rings (SSSR count). The van der Waals surface area contributed by atoms with Crippen LogP contribution in [0.15, 0.2) is 12.1 Å². The van der Waals surface area contributed by atoms with Gasteiger partial charge in [0, 0.05) is 12.1 Å². The number of aliphatic hydroxyl groups excluding tert-OH is 1. The van der Waals surface area contributed by atoms with Gasteiger partial charge in [-0.3, -0.25) is 4.79 Å². The molecule has 1 aromatic carbocycles. The molecule has 0 fully saturated rings. The minimum atomic E-state index is -1.52. The molecule has 6 heteroatoms.